The normalized spacial score (nSPS) is 15.4. The Morgan fingerprint density at radius 1 is 1.08 bits per heavy atom. The molecule has 0 aromatic heterocycles. The number of para-hydroxylation sites is 2. The number of nitrogens with zero attached hydrogens (tertiary/aromatic N) is 2. The van der Waals surface area contributed by atoms with E-state index in [9.17, 15) is 4.79 Å². The molecule has 4 nitrogen and oxygen atoms in total. The third-order valence-corrected chi connectivity index (χ3v) is 4.73. The van der Waals surface area contributed by atoms with Crippen molar-refractivity contribution >= 4 is 23.2 Å². The van der Waals surface area contributed by atoms with Crippen LogP contribution in [0, 0.1) is 0 Å². The van der Waals surface area contributed by atoms with E-state index >= 15 is 0 Å². The molecule has 0 spiro atoms. The van der Waals surface area contributed by atoms with Crippen LogP contribution in [0.2, 0.25) is 0 Å². The Balaban J connectivity index is 2.00. The molecule has 25 heavy (non-hydrogen) atoms. The highest BCUT2D eigenvalue weighted by Gasteiger charge is 2.42. The van der Waals surface area contributed by atoms with E-state index in [1.54, 1.807) is 6.20 Å². The number of benzene rings is 2. The maximum absolute atomic E-state index is 12.2. The van der Waals surface area contributed by atoms with Gasteiger partial charge in [-0.1, -0.05) is 36.4 Å². The van der Waals surface area contributed by atoms with Gasteiger partial charge < -0.3 is 4.74 Å². The Morgan fingerprint density at radius 3 is 2.36 bits per heavy atom. The predicted octanol–water partition coefficient (Wildman–Crippen LogP) is 4.48. The molecule has 0 saturated heterocycles. The van der Waals surface area contributed by atoms with Crippen LogP contribution in [-0.2, 0) is 10.2 Å². The van der Waals surface area contributed by atoms with Crippen molar-refractivity contribution in [3.8, 4) is 0 Å². The summed E-state index contributed by atoms with van der Waals surface area (Å²) in [4.78, 5) is 13.7. The van der Waals surface area contributed by atoms with Crippen molar-refractivity contribution in [3.05, 3.63) is 72.4 Å². The van der Waals surface area contributed by atoms with Crippen molar-refractivity contribution in [2.24, 2.45) is 0 Å². The summed E-state index contributed by atoms with van der Waals surface area (Å²) in [6.45, 7) is 4.39. The summed E-state index contributed by atoms with van der Waals surface area (Å²) in [6, 6.07) is 17.8. The summed E-state index contributed by atoms with van der Waals surface area (Å²) in [7, 11) is 3.44. The van der Waals surface area contributed by atoms with Gasteiger partial charge >= 0.3 is 6.09 Å². The van der Waals surface area contributed by atoms with Gasteiger partial charge in [0.05, 0.1) is 18.2 Å². The first-order chi connectivity index (χ1) is 12.0. The van der Waals surface area contributed by atoms with Crippen LogP contribution in [0.15, 0.2) is 66.9 Å². The molecule has 0 bridgehead atoms. The summed E-state index contributed by atoms with van der Waals surface area (Å²) >= 11 is 0. The second-order valence-corrected chi connectivity index (χ2v) is 6.58. The fourth-order valence-corrected chi connectivity index (χ4v) is 3.39. The third kappa shape index (κ3) is 2.95. The predicted molar refractivity (Wildman–Crippen MR) is 101 cm³/mol. The molecule has 1 aliphatic heterocycles. The van der Waals surface area contributed by atoms with Gasteiger partial charge in [-0.05, 0) is 26.0 Å². The van der Waals surface area contributed by atoms with Crippen molar-refractivity contribution in [1.82, 2.24) is 0 Å². The van der Waals surface area contributed by atoms with E-state index in [4.69, 9.17) is 4.74 Å². The minimum atomic E-state index is -0.418. The zero-order chi connectivity index (χ0) is 18.0. The molecule has 0 radical (unpaired) electrons. The second kappa shape index (κ2) is 6.55. The molecule has 2 aromatic rings. The van der Waals surface area contributed by atoms with E-state index in [1.165, 1.54) is 23.3 Å². The Hall–Kier alpha value is -2.88. The van der Waals surface area contributed by atoms with Crippen LogP contribution in [0.3, 0.4) is 0 Å². The molecule has 1 amide bonds. The number of allylic oxidation sites excluding steroid dienone is 1. The number of hydrogen-bond donors (Lipinski definition) is 0. The maximum Gasteiger partial charge on any atom is 0.418 e. The minimum Gasteiger partial charge on any atom is -0.452 e. The van der Waals surface area contributed by atoms with Crippen molar-refractivity contribution < 1.29 is 14.1 Å². The van der Waals surface area contributed by atoms with Gasteiger partial charge in [-0.25, -0.2) is 4.79 Å². The summed E-state index contributed by atoms with van der Waals surface area (Å²) in [5, 5.41) is 0. The molecule has 2 aromatic carbocycles. The molecule has 0 fully saturated rings. The molecule has 1 heterocycles. The number of methoxy groups -OCH3 is 1. The molecule has 0 saturated carbocycles. The molecular weight excluding hydrogens is 312 g/mol. The average Bonchev–Trinajstić information content (AvgIpc) is 2.83. The maximum atomic E-state index is 12.2. The molecule has 1 aliphatic rings. The van der Waals surface area contributed by atoms with E-state index in [-0.39, 0.29) is 5.41 Å². The summed E-state index contributed by atoms with van der Waals surface area (Å²) in [5.74, 6) is 0. The lowest BCUT2D eigenvalue weighted by atomic mass is 9.81. The van der Waals surface area contributed by atoms with Crippen LogP contribution >= 0.6 is 0 Å². The fraction of sp³-hybridized carbons (Fsp3) is 0.238. The van der Waals surface area contributed by atoms with Crippen molar-refractivity contribution in [2.75, 3.05) is 19.1 Å². The molecule has 0 unspecified atom stereocenters. The number of carbonyl (C=O) groups is 1. The zero-order valence-corrected chi connectivity index (χ0v) is 15.1. The van der Waals surface area contributed by atoms with Crippen molar-refractivity contribution in [3.63, 3.8) is 0 Å². The van der Waals surface area contributed by atoms with Crippen LogP contribution in [0.5, 0.6) is 0 Å². The Bertz CT molecular complexity index is 851. The van der Waals surface area contributed by atoms with E-state index in [1.807, 2.05) is 42.5 Å². The number of ether oxygens (including phenoxy) is 1. The van der Waals surface area contributed by atoms with Crippen molar-refractivity contribution in [2.45, 2.75) is 19.3 Å². The van der Waals surface area contributed by atoms with Gasteiger partial charge in [0.15, 0.2) is 5.71 Å². The molecular formula is C21H23N2O2+. The Kier molecular flexibility index (Phi) is 4.45. The average molecular weight is 335 g/mol. The first kappa shape index (κ1) is 17.0. The fourth-order valence-electron chi connectivity index (χ4n) is 3.39. The highest BCUT2D eigenvalue weighted by atomic mass is 16.5. The lowest BCUT2D eigenvalue weighted by Crippen LogP contribution is -2.29. The quantitative estimate of drug-likeness (QED) is 0.775. The summed E-state index contributed by atoms with van der Waals surface area (Å²) < 4.78 is 7.11. The lowest BCUT2D eigenvalue weighted by molar-refractivity contribution is -0.401. The van der Waals surface area contributed by atoms with Crippen LogP contribution in [0.25, 0.3) is 0 Å². The largest absolute Gasteiger partial charge is 0.452 e. The van der Waals surface area contributed by atoms with E-state index in [0.717, 1.165) is 11.4 Å². The van der Waals surface area contributed by atoms with Gasteiger partial charge in [-0.3, -0.25) is 4.90 Å². The van der Waals surface area contributed by atoms with Crippen LogP contribution in [-0.4, -0.2) is 30.5 Å². The smallest absolute Gasteiger partial charge is 0.418 e. The number of carbonyl (C=O) groups excluding carboxylic acids is 1. The van der Waals surface area contributed by atoms with Gasteiger partial charge in [0.1, 0.15) is 7.05 Å². The summed E-state index contributed by atoms with van der Waals surface area (Å²) in [5.41, 5.74) is 4.22. The molecule has 0 N–H and O–H groups in total. The Morgan fingerprint density at radius 2 is 1.72 bits per heavy atom. The first-order valence-electron chi connectivity index (χ1n) is 8.28. The monoisotopic (exact) mass is 335 g/mol. The number of anilines is 1. The lowest BCUT2D eigenvalue weighted by Gasteiger charge is -2.18. The minimum absolute atomic E-state index is 0.139. The van der Waals surface area contributed by atoms with Gasteiger partial charge in [0, 0.05) is 23.9 Å². The number of rotatable bonds is 3. The summed E-state index contributed by atoms with van der Waals surface area (Å²) in [6.07, 6.45) is 3.35. The van der Waals surface area contributed by atoms with E-state index in [2.05, 4.69) is 43.7 Å². The second-order valence-electron chi connectivity index (χ2n) is 6.58. The first-order valence-corrected chi connectivity index (χ1v) is 8.28. The molecule has 0 aliphatic carbocycles. The third-order valence-electron chi connectivity index (χ3n) is 4.73. The Labute approximate surface area is 148 Å². The number of fused-ring (bicyclic) bond motifs is 1. The molecule has 128 valence electrons. The molecule has 0 atom stereocenters. The highest BCUT2D eigenvalue weighted by molar-refractivity contribution is 6.04. The number of hydrogen-bond acceptors (Lipinski definition) is 2. The van der Waals surface area contributed by atoms with Gasteiger partial charge in [-0.2, -0.15) is 4.58 Å². The topological polar surface area (TPSA) is 32.5 Å². The standard InChI is InChI=1S/C21H23N2O2/c1-21(2)17-12-8-9-13-18(17)22(3)19(21)14-15-23(20(24)25-4)16-10-6-5-7-11-16/h5-15H,1-4H3/q+1. The number of amides is 1. The highest BCUT2D eigenvalue weighted by Crippen LogP contribution is 2.39. The van der Waals surface area contributed by atoms with Gasteiger partial charge in [0.25, 0.3) is 0 Å². The van der Waals surface area contributed by atoms with Crippen LogP contribution < -0.4 is 4.90 Å². The van der Waals surface area contributed by atoms with Crippen LogP contribution in [0.1, 0.15) is 19.4 Å². The zero-order valence-electron chi connectivity index (χ0n) is 15.1. The SMILES string of the molecule is COC(=O)N(/C=C/C1=[N+](C)c2ccccc2C1(C)C)c1ccccc1. The molecule has 4 heteroatoms. The van der Waals surface area contributed by atoms with Gasteiger partial charge in [-0.15, -0.1) is 0 Å². The van der Waals surface area contributed by atoms with E-state index in [0.29, 0.717) is 0 Å². The molecule has 3 rings (SSSR count). The van der Waals surface area contributed by atoms with Crippen LogP contribution in [0.4, 0.5) is 16.2 Å². The van der Waals surface area contributed by atoms with Crippen molar-refractivity contribution in [1.29, 1.82) is 0 Å². The van der Waals surface area contributed by atoms with E-state index < -0.39 is 6.09 Å². The van der Waals surface area contributed by atoms with Gasteiger partial charge in [0.2, 0.25) is 5.69 Å².